The monoisotopic (exact) mass is 280 g/mol. The lowest BCUT2D eigenvalue weighted by molar-refractivity contribution is -0.127. The van der Waals surface area contributed by atoms with Gasteiger partial charge in [0.1, 0.15) is 0 Å². The van der Waals surface area contributed by atoms with Gasteiger partial charge in [-0.1, -0.05) is 26.7 Å². The number of amides is 1. The molecular formula is C17H32N2O. The predicted octanol–water partition coefficient (Wildman–Crippen LogP) is 3.23. The minimum absolute atomic E-state index is 0.130. The van der Waals surface area contributed by atoms with Crippen LogP contribution in [-0.4, -0.2) is 18.0 Å². The SMILES string of the molecule is CCC1CCC(NC(=O)C(C)C2CCCC(N)C2)CC1. The Balaban J connectivity index is 1.76. The van der Waals surface area contributed by atoms with Gasteiger partial charge in [-0.2, -0.15) is 0 Å². The zero-order valence-corrected chi connectivity index (χ0v) is 13.2. The molecule has 3 unspecified atom stereocenters. The van der Waals surface area contributed by atoms with Crippen LogP contribution in [-0.2, 0) is 4.79 Å². The summed E-state index contributed by atoms with van der Waals surface area (Å²) in [7, 11) is 0. The first-order valence-corrected chi connectivity index (χ1v) is 8.66. The normalized spacial score (nSPS) is 36.4. The zero-order chi connectivity index (χ0) is 14.5. The summed E-state index contributed by atoms with van der Waals surface area (Å²) < 4.78 is 0. The summed E-state index contributed by atoms with van der Waals surface area (Å²) in [6.45, 7) is 4.37. The second kappa shape index (κ2) is 7.44. The molecule has 3 heteroatoms. The molecule has 0 heterocycles. The number of carbonyl (C=O) groups is 1. The Kier molecular flexibility index (Phi) is 5.88. The summed E-state index contributed by atoms with van der Waals surface area (Å²) in [5.74, 6) is 1.77. The average Bonchev–Trinajstić information content (AvgIpc) is 2.47. The molecule has 0 aliphatic heterocycles. The van der Waals surface area contributed by atoms with E-state index in [9.17, 15) is 4.79 Å². The summed E-state index contributed by atoms with van der Waals surface area (Å²) >= 11 is 0. The van der Waals surface area contributed by atoms with Crippen LogP contribution in [0, 0.1) is 17.8 Å². The van der Waals surface area contributed by atoms with E-state index in [2.05, 4.69) is 19.2 Å². The first kappa shape index (κ1) is 15.8. The van der Waals surface area contributed by atoms with E-state index in [1.807, 2.05) is 0 Å². The fourth-order valence-electron chi connectivity index (χ4n) is 3.98. The Bertz CT molecular complexity index is 310. The molecule has 2 aliphatic carbocycles. The van der Waals surface area contributed by atoms with Crippen LogP contribution in [0.2, 0.25) is 0 Å². The van der Waals surface area contributed by atoms with Gasteiger partial charge in [0.2, 0.25) is 5.91 Å². The number of hydrogen-bond acceptors (Lipinski definition) is 2. The maximum absolute atomic E-state index is 12.4. The number of nitrogens with two attached hydrogens (primary N) is 1. The van der Waals surface area contributed by atoms with E-state index in [0.717, 1.165) is 18.8 Å². The molecule has 0 aromatic carbocycles. The first-order valence-electron chi connectivity index (χ1n) is 8.66. The quantitative estimate of drug-likeness (QED) is 0.830. The molecule has 0 saturated heterocycles. The van der Waals surface area contributed by atoms with Gasteiger partial charge in [0, 0.05) is 18.0 Å². The molecule has 2 aliphatic rings. The van der Waals surface area contributed by atoms with Crippen molar-refractivity contribution in [2.45, 2.75) is 83.7 Å². The average molecular weight is 280 g/mol. The second-order valence-electron chi connectivity index (χ2n) is 7.11. The van der Waals surface area contributed by atoms with Crippen LogP contribution in [0.3, 0.4) is 0 Å². The smallest absolute Gasteiger partial charge is 0.223 e. The molecule has 2 saturated carbocycles. The number of hydrogen-bond donors (Lipinski definition) is 2. The van der Waals surface area contributed by atoms with Gasteiger partial charge < -0.3 is 11.1 Å². The summed E-state index contributed by atoms with van der Waals surface area (Å²) in [5.41, 5.74) is 6.05. The topological polar surface area (TPSA) is 55.1 Å². The Hall–Kier alpha value is -0.570. The lowest BCUT2D eigenvalue weighted by Gasteiger charge is -2.33. The molecule has 0 aromatic rings. The van der Waals surface area contributed by atoms with E-state index < -0.39 is 0 Å². The first-order chi connectivity index (χ1) is 9.60. The molecule has 0 bridgehead atoms. The van der Waals surface area contributed by atoms with Gasteiger partial charge in [-0.3, -0.25) is 4.79 Å². The van der Waals surface area contributed by atoms with Crippen molar-refractivity contribution in [1.82, 2.24) is 5.32 Å². The van der Waals surface area contributed by atoms with Gasteiger partial charge in [-0.15, -0.1) is 0 Å². The Morgan fingerprint density at radius 2 is 1.90 bits per heavy atom. The van der Waals surface area contributed by atoms with Crippen molar-refractivity contribution in [2.75, 3.05) is 0 Å². The third-order valence-electron chi connectivity index (χ3n) is 5.65. The van der Waals surface area contributed by atoms with Crippen molar-refractivity contribution < 1.29 is 4.79 Å². The van der Waals surface area contributed by atoms with Crippen LogP contribution < -0.4 is 11.1 Å². The molecule has 0 spiro atoms. The number of rotatable bonds is 4. The van der Waals surface area contributed by atoms with E-state index in [1.165, 1.54) is 44.9 Å². The van der Waals surface area contributed by atoms with Crippen LogP contribution >= 0.6 is 0 Å². The molecule has 2 rings (SSSR count). The van der Waals surface area contributed by atoms with E-state index in [0.29, 0.717) is 18.0 Å². The van der Waals surface area contributed by atoms with Gasteiger partial charge in [0.05, 0.1) is 0 Å². The Morgan fingerprint density at radius 1 is 1.20 bits per heavy atom. The van der Waals surface area contributed by atoms with Gasteiger partial charge in [0.15, 0.2) is 0 Å². The van der Waals surface area contributed by atoms with Crippen molar-refractivity contribution >= 4 is 5.91 Å². The number of carbonyl (C=O) groups excluding carboxylic acids is 1. The van der Waals surface area contributed by atoms with Crippen molar-refractivity contribution in [3.05, 3.63) is 0 Å². The van der Waals surface area contributed by atoms with Crippen molar-refractivity contribution in [3.63, 3.8) is 0 Å². The van der Waals surface area contributed by atoms with Crippen molar-refractivity contribution in [1.29, 1.82) is 0 Å². The van der Waals surface area contributed by atoms with Crippen LogP contribution in [0.15, 0.2) is 0 Å². The molecular weight excluding hydrogens is 248 g/mol. The van der Waals surface area contributed by atoms with Crippen LogP contribution in [0.4, 0.5) is 0 Å². The van der Waals surface area contributed by atoms with Crippen molar-refractivity contribution in [2.24, 2.45) is 23.5 Å². The lowest BCUT2D eigenvalue weighted by atomic mass is 9.78. The highest BCUT2D eigenvalue weighted by molar-refractivity contribution is 5.78. The molecule has 3 nitrogen and oxygen atoms in total. The molecule has 116 valence electrons. The molecule has 2 fully saturated rings. The summed E-state index contributed by atoms with van der Waals surface area (Å²) in [4.78, 5) is 12.4. The molecule has 0 aromatic heterocycles. The van der Waals surface area contributed by atoms with Gasteiger partial charge in [-0.05, 0) is 56.8 Å². The minimum atomic E-state index is 0.130. The molecule has 3 N–H and O–H groups in total. The van der Waals surface area contributed by atoms with E-state index in [1.54, 1.807) is 0 Å². The number of nitrogens with one attached hydrogen (secondary N) is 1. The van der Waals surface area contributed by atoms with Crippen LogP contribution in [0.25, 0.3) is 0 Å². The van der Waals surface area contributed by atoms with Gasteiger partial charge in [0.25, 0.3) is 0 Å². The third kappa shape index (κ3) is 4.21. The van der Waals surface area contributed by atoms with E-state index in [-0.39, 0.29) is 11.8 Å². The van der Waals surface area contributed by atoms with Crippen molar-refractivity contribution in [3.8, 4) is 0 Å². The molecule has 20 heavy (non-hydrogen) atoms. The van der Waals surface area contributed by atoms with Gasteiger partial charge >= 0.3 is 0 Å². The Morgan fingerprint density at radius 3 is 2.50 bits per heavy atom. The minimum Gasteiger partial charge on any atom is -0.353 e. The predicted molar refractivity (Wildman–Crippen MR) is 83.3 cm³/mol. The fourth-order valence-corrected chi connectivity index (χ4v) is 3.98. The Labute approximate surface area is 124 Å². The lowest BCUT2D eigenvalue weighted by Crippen LogP contribution is -2.43. The summed E-state index contributed by atoms with van der Waals surface area (Å²) in [5, 5.41) is 3.30. The molecule has 3 atom stereocenters. The van der Waals surface area contributed by atoms with E-state index in [4.69, 9.17) is 5.73 Å². The largest absolute Gasteiger partial charge is 0.353 e. The highest BCUT2D eigenvalue weighted by Gasteiger charge is 2.30. The van der Waals surface area contributed by atoms with Gasteiger partial charge in [-0.25, -0.2) is 0 Å². The summed E-state index contributed by atoms with van der Waals surface area (Å²) in [6.07, 6.45) is 10.7. The maximum atomic E-state index is 12.4. The standard InChI is InChI=1S/C17H32N2O/c1-3-13-7-9-16(10-8-13)19-17(20)12(2)14-5-4-6-15(18)11-14/h12-16H,3-11,18H2,1-2H3,(H,19,20). The highest BCUT2D eigenvalue weighted by atomic mass is 16.1. The molecule has 0 radical (unpaired) electrons. The second-order valence-corrected chi connectivity index (χ2v) is 7.11. The van der Waals surface area contributed by atoms with Crippen LogP contribution in [0.5, 0.6) is 0 Å². The summed E-state index contributed by atoms with van der Waals surface area (Å²) in [6, 6.07) is 0.731. The highest BCUT2D eigenvalue weighted by Crippen LogP contribution is 2.31. The molecule has 1 amide bonds. The fraction of sp³-hybridized carbons (Fsp3) is 0.941. The maximum Gasteiger partial charge on any atom is 0.223 e. The zero-order valence-electron chi connectivity index (χ0n) is 13.2. The van der Waals surface area contributed by atoms with Crippen LogP contribution in [0.1, 0.15) is 71.6 Å². The van der Waals surface area contributed by atoms with E-state index >= 15 is 0 Å². The third-order valence-corrected chi connectivity index (χ3v) is 5.65.